The van der Waals surface area contributed by atoms with E-state index in [9.17, 15) is 4.79 Å². The van der Waals surface area contributed by atoms with Crippen molar-refractivity contribution in [2.24, 2.45) is 0 Å². The molecule has 9 heteroatoms. The smallest absolute Gasteiger partial charge is 0.263 e. The third-order valence-electron chi connectivity index (χ3n) is 3.66. The van der Waals surface area contributed by atoms with Crippen LogP contribution in [-0.2, 0) is 11.4 Å². The first kappa shape index (κ1) is 21.3. The van der Waals surface area contributed by atoms with Crippen molar-refractivity contribution in [1.82, 2.24) is 5.32 Å². The molecule has 1 aliphatic rings. The highest BCUT2D eigenvalue weighted by atomic mass is 35.5. The van der Waals surface area contributed by atoms with Crippen LogP contribution in [0.5, 0.6) is 11.5 Å². The molecule has 28 heavy (non-hydrogen) atoms. The molecule has 2 aromatic carbocycles. The third kappa shape index (κ3) is 5.13. The molecule has 0 unspecified atom stereocenters. The zero-order valence-electron chi connectivity index (χ0n) is 14.6. The number of carbonyl (C=O) groups excluding carboxylic acids is 1. The number of hydrogen-bond donors (Lipinski definition) is 1. The standard InChI is InChI=1S/C19H14Cl3NO3S2/c1-2-25-15-6-10(7-16-18(24)23-19(27)28-16)5-14(22)17(15)26-9-11-3-4-12(20)8-13(11)21/h3-8H,2,9H2,1H3,(H,23,24,27). The van der Waals surface area contributed by atoms with E-state index in [1.807, 2.05) is 6.92 Å². The Morgan fingerprint density at radius 3 is 2.57 bits per heavy atom. The van der Waals surface area contributed by atoms with Crippen molar-refractivity contribution in [2.75, 3.05) is 6.61 Å². The van der Waals surface area contributed by atoms with Gasteiger partial charge >= 0.3 is 0 Å². The molecule has 0 spiro atoms. The van der Waals surface area contributed by atoms with E-state index in [0.29, 0.717) is 48.0 Å². The SMILES string of the molecule is CCOc1cc(C=C2SC(=S)NC2=O)cc(Cl)c1OCc1ccc(Cl)cc1Cl. The van der Waals surface area contributed by atoms with E-state index in [4.69, 9.17) is 56.5 Å². The maximum Gasteiger partial charge on any atom is 0.263 e. The van der Waals surface area contributed by atoms with E-state index < -0.39 is 0 Å². The number of rotatable bonds is 6. The summed E-state index contributed by atoms with van der Waals surface area (Å²) >= 11 is 24.8. The molecule has 1 heterocycles. The summed E-state index contributed by atoms with van der Waals surface area (Å²) in [6, 6.07) is 8.64. The Labute approximate surface area is 187 Å². The van der Waals surface area contributed by atoms with Crippen LogP contribution in [0, 0.1) is 0 Å². The van der Waals surface area contributed by atoms with Gasteiger partial charge in [-0.3, -0.25) is 4.79 Å². The molecule has 4 nitrogen and oxygen atoms in total. The number of amides is 1. The second kappa shape index (κ2) is 9.37. The summed E-state index contributed by atoms with van der Waals surface area (Å²) in [4.78, 5) is 12.4. The Balaban J connectivity index is 1.87. The van der Waals surface area contributed by atoms with Crippen LogP contribution < -0.4 is 14.8 Å². The first-order chi connectivity index (χ1) is 13.4. The second-order valence-corrected chi connectivity index (χ2v) is 8.61. The van der Waals surface area contributed by atoms with E-state index >= 15 is 0 Å². The molecule has 0 aromatic heterocycles. The lowest BCUT2D eigenvalue weighted by Gasteiger charge is -2.15. The molecule has 1 amide bonds. The van der Waals surface area contributed by atoms with Crippen molar-refractivity contribution < 1.29 is 14.3 Å². The second-order valence-electron chi connectivity index (χ2n) is 5.64. The van der Waals surface area contributed by atoms with Crippen LogP contribution in [-0.4, -0.2) is 16.8 Å². The lowest BCUT2D eigenvalue weighted by molar-refractivity contribution is -0.115. The predicted octanol–water partition coefficient (Wildman–Crippen LogP) is 6.11. The van der Waals surface area contributed by atoms with Crippen molar-refractivity contribution in [1.29, 1.82) is 0 Å². The fourth-order valence-corrected chi connectivity index (χ4v) is 4.22. The highest BCUT2D eigenvalue weighted by Crippen LogP contribution is 2.39. The Kier molecular flexibility index (Phi) is 7.12. The maximum absolute atomic E-state index is 11.9. The Morgan fingerprint density at radius 1 is 1.14 bits per heavy atom. The van der Waals surface area contributed by atoms with Gasteiger partial charge in [-0.25, -0.2) is 0 Å². The van der Waals surface area contributed by atoms with Crippen molar-refractivity contribution >= 4 is 75.1 Å². The van der Waals surface area contributed by atoms with Gasteiger partial charge in [0.05, 0.1) is 16.5 Å². The number of thiocarbonyl (C=S) groups is 1. The summed E-state index contributed by atoms with van der Waals surface area (Å²) in [5, 5.41) is 3.98. The molecular weight excluding hydrogens is 461 g/mol. The molecule has 0 radical (unpaired) electrons. The normalized spacial score (nSPS) is 15.1. The summed E-state index contributed by atoms with van der Waals surface area (Å²) in [5.41, 5.74) is 1.47. The molecule has 146 valence electrons. The van der Waals surface area contributed by atoms with Gasteiger partial charge in [-0.2, -0.15) is 0 Å². The molecule has 0 atom stereocenters. The minimum absolute atomic E-state index is 0.197. The Hall–Kier alpha value is -1.44. The number of ether oxygens (including phenoxy) is 2. The highest BCUT2D eigenvalue weighted by molar-refractivity contribution is 8.26. The Bertz CT molecular complexity index is 979. The number of thioether (sulfide) groups is 1. The maximum atomic E-state index is 11.9. The molecule has 1 fully saturated rings. The minimum Gasteiger partial charge on any atom is -0.490 e. The van der Waals surface area contributed by atoms with E-state index in [1.54, 1.807) is 36.4 Å². The average molecular weight is 475 g/mol. The molecular formula is C19H14Cl3NO3S2. The van der Waals surface area contributed by atoms with Crippen molar-refractivity contribution in [3.05, 3.63) is 61.4 Å². The molecule has 0 aliphatic carbocycles. The van der Waals surface area contributed by atoms with E-state index in [0.717, 1.165) is 5.56 Å². The number of carbonyl (C=O) groups is 1. The van der Waals surface area contributed by atoms with Crippen molar-refractivity contribution in [3.8, 4) is 11.5 Å². The van der Waals surface area contributed by atoms with Gasteiger partial charge in [-0.05, 0) is 42.8 Å². The lowest BCUT2D eigenvalue weighted by atomic mass is 10.1. The number of halogens is 3. The van der Waals surface area contributed by atoms with E-state index in [2.05, 4.69) is 5.32 Å². The van der Waals surface area contributed by atoms with Crippen molar-refractivity contribution in [2.45, 2.75) is 13.5 Å². The van der Waals surface area contributed by atoms with Crippen LogP contribution in [0.1, 0.15) is 18.1 Å². The first-order valence-electron chi connectivity index (χ1n) is 8.15. The summed E-state index contributed by atoms with van der Waals surface area (Å²) in [6.45, 7) is 2.48. The monoisotopic (exact) mass is 473 g/mol. The lowest BCUT2D eigenvalue weighted by Crippen LogP contribution is -2.17. The van der Waals surface area contributed by atoms with Gasteiger partial charge in [0.1, 0.15) is 10.9 Å². The molecule has 1 saturated heterocycles. The molecule has 3 rings (SSSR count). The van der Waals surface area contributed by atoms with Gasteiger partial charge in [0.15, 0.2) is 11.5 Å². The predicted molar refractivity (Wildman–Crippen MR) is 120 cm³/mol. The van der Waals surface area contributed by atoms with Crippen LogP contribution >= 0.6 is 58.8 Å². The topological polar surface area (TPSA) is 47.6 Å². The van der Waals surface area contributed by atoms with Crippen LogP contribution in [0.4, 0.5) is 0 Å². The minimum atomic E-state index is -0.234. The van der Waals surface area contributed by atoms with Crippen LogP contribution in [0.15, 0.2) is 35.2 Å². The number of hydrogen-bond acceptors (Lipinski definition) is 5. The molecule has 0 saturated carbocycles. The van der Waals surface area contributed by atoms with Gasteiger partial charge in [-0.1, -0.05) is 64.8 Å². The molecule has 1 aliphatic heterocycles. The summed E-state index contributed by atoms with van der Waals surface area (Å²) in [6.07, 6.45) is 1.70. The Morgan fingerprint density at radius 2 is 1.93 bits per heavy atom. The zero-order chi connectivity index (χ0) is 20.3. The zero-order valence-corrected chi connectivity index (χ0v) is 18.5. The van der Waals surface area contributed by atoms with Crippen LogP contribution in [0.25, 0.3) is 6.08 Å². The summed E-state index contributed by atoms with van der Waals surface area (Å²) in [7, 11) is 0. The van der Waals surface area contributed by atoms with Gasteiger partial charge < -0.3 is 14.8 Å². The fraction of sp³-hybridized carbons (Fsp3) is 0.158. The largest absolute Gasteiger partial charge is 0.490 e. The van der Waals surface area contributed by atoms with E-state index in [-0.39, 0.29) is 12.5 Å². The van der Waals surface area contributed by atoms with Gasteiger partial charge in [0, 0.05) is 15.6 Å². The molecule has 2 aromatic rings. The van der Waals surface area contributed by atoms with Crippen LogP contribution in [0.3, 0.4) is 0 Å². The quantitative estimate of drug-likeness (QED) is 0.404. The van der Waals surface area contributed by atoms with Gasteiger partial charge in [0.25, 0.3) is 5.91 Å². The van der Waals surface area contributed by atoms with Crippen LogP contribution in [0.2, 0.25) is 15.1 Å². The van der Waals surface area contributed by atoms with E-state index in [1.165, 1.54) is 11.8 Å². The number of nitrogens with one attached hydrogen (secondary N) is 1. The van der Waals surface area contributed by atoms with Gasteiger partial charge in [0.2, 0.25) is 0 Å². The fourth-order valence-electron chi connectivity index (χ4n) is 2.44. The molecule has 1 N–H and O–H groups in total. The summed E-state index contributed by atoms with van der Waals surface area (Å²) < 4.78 is 12.0. The van der Waals surface area contributed by atoms with Gasteiger partial charge in [-0.15, -0.1) is 0 Å². The third-order valence-corrected chi connectivity index (χ3v) is 5.69. The average Bonchev–Trinajstić information content (AvgIpc) is 2.93. The first-order valence-corrected chi connectivity index (χ1v) is 10.5. The summed E-state index contributed by atoms with van der Waals surface area (Å²) in [5.74, 6) is 0.635. The van der Waals surface area contributed by atoms with Crippen molar-refractivity contribution in [3.63, 3.8) is 0 Å². The highest BCUT2D eigenvalue weighted by Gasteiger charge is 2.22. The molecule has 0 bridgehead atoms. The number of benzene rings is 2.